The van der Waals surface area contributed by atoms with Crippen LogP contribution in [-0.4, -0.2) is 24.5 Å². The summed E-state index contributed by atoms with van der Waals surface area (Å²) in [6.07, 6.45) is 0. The summed E-state index contributed by atoms with van der Waals surface area (Å²) in [6, 6.07) is 14.5. The van der Waals surface area contributed by atoms with Crippen LogP contribution >= 0.6 is 0 Å². The highest BCUT2D eigenvalue weighted by Gasteiger charge is 2.35. The summed E-state index contributed by atoms with van der Waals surface area (Å²) in [5.41, 5.74) is 6.43. The van der Waals surface area contributed by atoms with E-state index in [1.54, 1.807) is 43.4 Å². The average Bonchev–Trinajstić information content (AvgIpc) is 2.73. The van der Waals surface area contributed by atoms with Gasteiger partial charge in [-0.2, -0.15) is 0 Å². The Kier molecular flexibility index (Phi) is 4.97. The molecule has 0 heterocycles. The van der Waals surface area contributed by atoms with Crippen LogP contribution in [-0.2, 0) is 4.79 Å². The topological polar surface area (TPSA) is 66.5 Å². The Morgan fingerprint density at radius 1 is 0.839 bits per heavy atom. The fourth-order valence-corrected chi connectivity index (χ4v) is 4.27. The number of nitrogens with one attached hydrogen (secondary N) is 1. The van der Waals surface area contributed by atoms with Gasteiger partial charge < -0.3 is 10.2 Å². The third-order valence-electron chi connectivity index (χ3n) is 5.82. The van der Waals surface area contributed by atoms with Gasteiger partial charge in [-0.25, -0.2) is 0 Å². The van der Waals surface area contributed by atoms with Gasteiger partial charge in [-0.05, 0) is 44.0 Å². The molecule has 0 aromatic heterocycles. The van der Waals surface area contributed by atoms with Gasteiger partial charge >= 0.3 is 0 Å². The van der Waals surface area contributed by atoms with Gasteiger partial charge in [0.05, 0.1) is 22.5 Å². The molecule has 0 saturated heterocycles. The van der Waals surface area contributed by atoms with E-state index in [1.165, 1.54) is 11.8 Å². The number of hydrogen-bond acceptors (Lipinski definition) is 4. The average molecular weight is 412 g/mol. The maximum atomic E-state index is 13.5. The van der Waals surface area contributed by atoms with Crippen molar-refractivity contribution in [1.29, 1.82) is 0 Å². The summed E-state index contributed by atoms with van der Waals surface area (Å²) >= 11 is 0. The second-order valence-corrected chi connectivity index (χ2v) is 8.06. The normalized spacial score (nSPS) is 12.3. The molecule has 0 radical (unpaired) electrons. The van der Waals surface area contributed by atoms with E-state index in [9.17, 15) is 14.4 Å². The molecule has 0 unspecified atom stereocenters. The number of ketones is 2. The Morgan fingerprint density at radius 3 is 1.94 bits per heavy atom. The van der Waals surface area contributed by atoms with E-state index in [0.717, 1.165) is 22.4 Å². The smallest absolute Gasteiger partial charge is 0.223 e. The van der Waals surface area contributed by atoms with E-state index < -0.39 is 0 Å². The van der Waals surface area contributed by atoms with Gasteiger partial charge in [0.1, 0.15) is 0 Å². The Hall–Kier alpha value is -3.73. The highest BCUT2D eigenvalue weighted by Crippen LogP contribution is 2.39. The van der Waals surface area contributed by atoms with Crippen molar-refractivity contribution < 1.29 is 14.4 Å². The van der Waals surface area contributed by atoms with Crippen molar-refractivity contribution in [2.75, 3.05) is 17.3 Å². The number of carbonyl (C=O) groups is 3. The third-order valence-corrected chi connectivity index (χ3v) is 5.82. The second kappa shape index (κ2) is 7.51. The highest BCUT2D eigenvalue weighted by molar-refractivity contribution is 6.32. The van der Waals surface area contributed by atoms with Crippen LogP contribution in [0, 0.1) is 20.8 Å². The van der Waals surface area contributed by atoms with Gasteiger partial charge in [0.2, 0.25) is 5.91 Å². The van der Waals surface area contributed by atoms with Crippen LogP contribution in [0.1, 0.15) is 55.5 Å². The molecule has 0 fully saturated rings. The Bertz CT molecular complexity index is 1250. The van der Waals surface area contributed by atoms with Crippen LogP contribution in [0.3, 0.4) is 0 Å². The zero-order valence-electron chi connectivity index (χ0n) is 18.3. The van der Waals surface area contributed by atoms with Crippen molar-refractivity contribution in [3.63, 3.8) is 0 Å². The summed E-state index contributed by atoms with van der Waals surface area (Å²) in [6.45, 7) is 7.49. The van der Waals surface area contributed by atoms with Crippen molar-refractivity contribution in [3.05, 3.63) is 87.5 Å². The van der Waals surface area contributed by atoms with E-state index in [0.29, 0.717) is 28.1 Å². The first-order valence-electron chi connectivity index (χ1n) is 10.1. The van der Waals surface area contributed by atoms with Crippen LogP contribution in [0.4, 0.5) is 17.1 Å². The first-order valence-corrected chi connectivity index (χ1v) is 10.1. The number of aryl methyl sites for hydroxylation is 3. The fourth-order valence-electron chi connectivity index (χ4n) is 4.27. The van der Waals surface area contributed by atoms with E-state index in [1.807, 2.05) is 20.8 Å². The first-order chi connectivity index (χ1) is 14.7. The molecule has 1 N–H and O–H groups in total. The van der Waals surface area contributed by atoms with Crippen LogP contribution in [0.15, 0.2) is 48.5 Å². The molecule has 0 saturated carbocycles. The minimum Gasteiger partial charge on any atom is -0.354 e. The number of rotatable bonds is 3. The van der Waals surface area contributed by atoms with Crippen LogP contribution in [0.5, 0.6) is 0 Å². The third kappa shape index (κ3) is 3.32. The van der Waals surface area contributed by atoms with Gasteiger partial charge in [0.15, 0.2) is 11.6 Å². The van der Waals surface area contributed by atoms with Gasteiger partial charge in [-0.3, -0.25) is 14.4 Å². The lowest BCUT2D eigenvalue weighted by Gasteiger charge is -2.27. The molecule has 1 aliphatic carbocycles. The predicted molar refractivity (Wildman–Crippen MR) is 123 cm³/mol. The molecule has 5 heteroatoms. The summed E-state index contributed by atoms with van der Waals surface area (Å²) < 4.78 is 0. The lowest BCUT2D eigenvalue weighted by atomic mass is 9.82. The lowest BCUT2D eigenvalue weighted by molar-refractivity contribution is -0.116. The zero-order chi connectivity index (χ0) is 22.4. The summed E-state index contributed by atoms with van der Waals surface area (Å²) in [5.74, 6) is -0.699. The Morgan fingerprint density at radius 2 is 1.39 bits per heavy atom. The van der Waals surface area contributed by atoms with Crippen molar-refractivity contribution in [2.45, 2.75) is 27.7 Å². The minimum absolute atomic E-state index is 0.216. The van der Waals surface area contributed by atoms with Gasteiger partial charge in [-0.1, -0.05) is 42.0 Å². The number of amides is 1. The molecule has 3 aromatic carbocycles. The van der Waals surface area contributed by atoms with Crippen molar-refractivity contribution in [2.24, 2.45) is 0 Å². The van der Waals surface area contributed by atoms with Crippen LogP contribution in [0.2, 0.25) is 0 Å². The number of fused-ring (bicyclic) bond motifs is 2. The Balaban J connectivity index is 1.97. The zero-order valence-corrected chi connectivity index (χ0v) is 18.3. The number of nitrogens with zero attached hydrogens (tertiary/aromatic N) is 1. The monoisotopic (exact) mass is 412 g/mol. The molecule has 0 atom stereocenters. The summed E-state index contributed by atoms with van der Waals surface area (Å²) in [5, 5.41) is 3.40. The molecule has 1 aliphatic rings. The van der Waals surface area contributed by atoms with Gasteiger partial charge in [0.25, 0.3) is 0 Å². The van der Waals surface area contributed by atoms with E-state index in [-0.39, 0.29) is 23.0 Å². The quantitative estimate of drug-likeness (QED) is 0.508. The van der Waals surface area contributed by atoms with Crippen molar-refractivity contribution in [3.8, 4) is 0 Å². The SMILES string of the molecule is CC(=O)N(C)c1ccc(Nc2c(C)cc(C)cc2C)c2c1C(=O)c1ccccc1C2=O. The highest BCUT2D eigenvalue weighted by atomic mass is 16.2. The Labute approximate surface area is 181 Å². The van der Waals surface area contributed by atoms with E-state index >= 15 is 0 Å². The maximum Gasteiger partial charge on any atom is 0.223 e. The number of hydrogen-bond donors (Lipinski definition) is 1. The first kappa shape index (κ1) is 20.5. The molecule has 5 nitrogen and oxygen atoms in total. The van der Waals surface area contributed by atoms with E-state index in [2.05, 4.69) is 17.4 Å². The molecule has 0 spiro atoms. The van der Waals surface area contributed by atoms with Crippen molar-refractivity contribution >= 4 is 34.5 Å². The minimum atomic E-state index is -0.255. The number of benzene rings is 3. The summed E-state index contributed by atoms with van der Waals surface area (Å²) in [7, 11) is 1.61. The van der Waals surface area contributed by atoms with Crippen LogP contribution < -0.4 is 10.2 Å². The van der Waals surface area contributed by atoms with Gasteiger partial charge in [-0.15, -0.1) is 0 Å². The second-order valence-electron chi connectivity index (χ2n) is 8.06. The molecule has 1 amide bonds. The fraction of sp³-hybridized carbons (Fsp3) is 0.192. The molecule has 3 aromatic rings. The van der Waals surface area contributed by atoms with Crippen molar-refractivity contribution in [1.82, 2.24) is 0 Å². The predicted octanol–water partition coefficient (Wildman–Crippen LogP) is 5.11. The molecular weight excluding hydrogens is 388 g/mol. The standard InChI is InChI=1S/C26H24N2O3/c1-14-12-15(2)24(16(3)13-14)27-20-10-11-21(28(5)17(4)29)23-22(20)25(30)18-8-6-7-9-19(18)26(23)31/h6-13,27H,1-5H3. The molecule has 4 rings (SSSR count). The lowest BCUT2D eigenvalue weighted by Crippen LogP contribution is -2.29. The largest absolute Gasteiger partial charge is 0.354 e. The molecule has 0 aliphatic heterocycles. The molecule has 0 bridgehead atoms. The molecule has 31 heavy (non-hydrogen) atoms. The van der Waals surface area contributed by atoms with E-state index in [4.69, 9.17) is 0 Å². The maximum absolute atomic E-state index is 13.5. The molecule has 156 valence electrons. The van der Waals surface area contributed by atoms with Gasteiger partial charge in [0, 0.05) is 30.8 Å². The number of anilines is 3. The number of carbonyl (C=O) groups excluding carboxylic acids is 3. The summed E-state index contributed by atoms with van der Waals surface area (Å²) in [4.78, 5) is 40.5. The molecular formula is C26H24N2O3. The van der Waals surface area contributed by atoms with Crippen LogP contribution in [0.25, 0.3) is 0 Å².